The highest BCUT2D eigenvalue weighted by atomic mass is 32.2. The van der Waals surface area contributed by atoms with Crippen molar-refractivity contribution in [1.82, 2.24) is 0 Å². The average Bonchev–Trinajstić information content (AvgIpc) is 2.10. The highest BCUT2D eigenvalue weighted by molar-refractivity contribution is 7.91. The van der Waals surface area contributed by atoms with Gasteiger partial charge in [-0.3, -0.25) is 0 Å². The van der Waals surface area contributed by atoms with Crippen LogP contribution >= 0.6 is 0 Å². The lowest BCUT2D eigenvalue weighted by molar-refractivity contribution is -0.218. The van der Waals surface area contributed by atoms with E-state index in [1.165, 1.54) is 0 Å². The van der Waals surface area contributed by atoms with E-state index in [-0.39, 0.29) is 12.8 Å². The van der Waals surface area contributed by atoms with Gasteiger partial charge in [0, 0.05) is 0 Å². The van der Waals surface area contributed by atoms with Crippen LogP contribution in [0.25, 0.3) is 0 Å². The molecule has 0 fully saturated rings. The summed E-state index contributed by atoms with van der Waals surface area (Å²) in [5, 5.41) is 10.8. The van der Waals surface area contributed by atoms with Gasteiger partial charge in [0.05, 0.1) is 0 Å². The number of allylic oxidation sites excluding steroid dienone is 1. The fraction of sp³-hybridized carbons (Fsp3) is 0.625. The number of sulfonamides is 1. The molecule has 0 aliphatic carbocycles. The quantitative estimate of drug-likeness (QED) is 0.312. The SMILES string of the molecule is C=CCCCC/C([O-])=N/S(=O)(=O)C(F)(F)F. The molecule has 94 valence electrons. The van der Waals surface area contributed by atoms with Crippen LogP contribution in [0.15, 0.2) is 17.1 Å². The van der Waals surface area contributed by atoms with Crippen LogP contribution in [0, 0.1) is 0 Å². The molecule has 0 spiro atoms. The van der Waals surface area contributed by atoms with Gasteiger partial charge < -0.3 is 5.11 Å². The molecule has 0 rings (SSSR count). The standard InChI is InChI=1S/C8H12F3NO3S/c1-2-3-4-5-6-7(13)12-16(14,15)8(9,10)11/h2H,1,3-6H2,(H,12,13)/p-1. The van der Waals surface area contributed by atoms with Gasteiger partial charge in [-0.05, 0) is 31.6 Å². The third-order valence-electron chi connectivity index (χ3n) is 1.56. The van der Waals surface area contributed by atoms with Crippen LogP contribution in [-0.4, -0.2) is 19.8 Å². The van der Waals surface area contributed by atoms with Crippen molar-refractivity contribution in [3.63, 3.8) is 0 Å². The second kappa shape index (κ2) is 5.88. The van der Waals surface area contributed by atoms with Crippen LogP contribution in [0.2, 0.25) is 0 Å². The summed E-state index contributed by atoms with van der Waals surface area (Å²) in [6, 6.07) is 0. The Labute approximate surface area is 91.6 Å². The summed E-state index contributed by atoms with van der Waals surface area (Å²) >= 11 is 0. The van der Waals surface area contributed by atoms with Crippen LogP contribution < -0.4 is 5.11 Å². The molecule has 0 saturated carbocycles. The Balaban J connectivity index is 4.38. The molecule has 0 N–H and O–H groups in total. The summed E-state index contributed by atoms with van der Waals surface area (Å²) in [4.78, 5) is 0. The summed E-state index contributed by atoms with van der Waals surface area (Å²) < 4.78 is 58.4. The molecule has 0 aromatic rings. The molecule has 0 aromatic heterocycles. The summed E-state index contributed by atoms with van der Waals surface area (Å²) in [6.45, 7) is 3.42. The smallest absolute Gasteiger partial charge is 0.518 e. The van der Waals surface area contributed by atoms with Crippen LogP contribution in [-0.2, 0) is 10.0 Å². The number of hydrogen-bond acceptors (Lipinski definition) is 3. The van der Waals surface area contributed by atoms with Crippen molar-refractivity contribution in [3.8, 4) is 0 Å². The molecule has 8 heteroatoms. The van der Waals surface area contributed by atoms with Gasteiger partial charge in [0.15, 0.2) is 0 Å². The molecule has 0 aliphatic heterocycles. The van der Waals surface area contributed by atoms with Crippen molar-refractivity contribution < 1.29 is 26.7 Å². The Morgan fingerprint density at radius 2 is 1.94 bits per heavy atom. The lowest BCUT2D eigenvalue weighted by Gasteiger charge is -2.10. The predicted octanol–water partition coefficient (Wildman–Crippen LogP) is 1.34. The number of halogens is 3. The van der Waals surface area contributed by atoms with Gasteiger partial charge in [-0.2, -0.15) is 26.0 Å². The Kier molecular flexibility index (Phi) is 5.49. The molecule has 0 amide bonds. The van der Waals surface area contributed by atoms with Gasteiger partial charge in [-0.25, -0.2) is 0 Å². The molecule has 0 atom stereocenters. The van der Waals surface area contributed by atoms with Crippen molar-refractivity contribution in [1.29, 1.82) is 0 Å². The molecule has 0 heterocycles. The molecular weight excluding hydrogens is 247 g/mol. The van der Waals surface area contributed by atoms with E-state index in [2.05, 4.69) is 11.0 Å². The first-order valence-electron chi connectivity index (χ1n) is 4.38. The van der Waals surface area contributed by atoms with Gasteiger partial charge in [-0.1, -0.05) is 6.08 Å². The molecular formula is C8H11F3NO3S-. The van der Waals surface area contributed by atoms with Crippen LogP contribution in [0.3, 0.4) is 0 Å². The zero-order valence-electron chi connectivity index (χ0n) is 8.33. The molecule has 16 heavy (non-hydrogen) atoms. The van der Waals surface area contributed by atoms with E-state index in [1.54, 1.807) is 6.08 Å². The fourth-order valence-corrected chi connectivity index (χ4v) is 1.26. The second-order valence-corrected chi connectivity index (χ2v) is 4.54. The van der Waals surface area contributed by atoms with Crippen molar-refractivity contribution in [2.45, 2.75) is 31.2 Å². The maximum atomic E-state index is 11.8. The average molecular weight is 258 g/mol. The topological polar surface area (TPSA) is 69.6 Å². The van der Waals surface area contributed by atoms with E-state index < -0.39 is 21.4 Å². The molecule has 0 aliphatic rings. The van der Waals surface area contributed by atoms with Crippen LogP contribution in [0.4, 0.5) is 13.2 Å². The number of hydrogen-bond donors (Lipinski definition) is 0. The van der Waals surface area contributed by atoms with E-state index >= 15 is 0 Å². The third kappa shape index (κ3) is 5.15. The number of unbranched alkanes of at least 4 members (excludes halogenated alkanes) is 2. The van der Waals surface area contributed by atoms with Crippen molar-refractivity contribution >= 4 is 15.9 Å². The lowest BCUT2D eigenvalue weighted by Crippen LogP contribution is -2.26. The first-order chi connectivity index (χ1) is 7.20. The highest BCUT2D eigenvalue weighted by Gasteiger charge is 2.45. The second-order valence-electron chi connectivity index (χ2n) is 2.94. The number of rotatable bonds is 6. The number of nitrogens with zero attached hydrogens (tertiary/aromatic N) is 1. The Bertz CT molecular complexity index is 359. The largest absolute Gasteiger partial charge is 0.861 e. The third-order valence-corrected chi connectivity index (χ3v) is 2.59. The molecule has 0 aromatic carbocycles. The summed E-state index contributed by atoms with van der Waals surface area (Å²) in [7, 11) is -5.68. The lowest BCUT2D eigenvalue weighted by atomic mass is 10.2. The minimum absolute atomic E-state index is 0.279. The van der Waals surface area contributed by atoms with Crippen molar-refractivity contribution in [2.75, 3.05) is 0 Å². The van der Waals surface area contributed by atoms with Crippen LogP contribution in [0.5, 0.6) is 0 Å². The number of alkyl halides is 3. The maximum absolute atomic E-state index is 11.8. The van der Waals surface area contributed by atoms with Gasteiger partial charge >= 0.3 is 15.5 Å². The normalized spacial score (nSPS) is 13.8. The molecule has 0 radical (unpaired) electrons. The zero-order chi connectivity index (χ0) is 12.8. The minimum atomic E-state index is -5.68. The van der Waals surface area contributed by atoms with Gasteiger partial charge in [0.2, 0.25) is 0 Å². The van der Waals surface area contributed by atoms with E-state index in [9.17, 15) is 26.7 Å². The molecule has 4 nitrogen and oxygen atoms in total. The van der Waals surface area contributed by atoms with Gasteiger partial charge in [0.1, 0.15) is 0 Å². The summed E-state index contributed by atoms with van der Waals surface area (Å²) in [5.74, 6) is -1.28. The maximum Gasteiger partial charge on any atom is 0.518 e. The monoisotopic (exact) mass is 258 g/mol. The minimum Gasteiger partial charge on any atom is -0.861 e. The van der Waals surface area contributed by atoms with Crippen molar-refractivity contribution in [3.05, 3.63) is 12.7 Å². The van der Waals surface area contributed by atoms with Crippen molar-refractivity contribution in [2.24, 2.45) is 4.40 Å². The van der Waals surface area contributed by atoms with Gasteiger partial charge in [-0.15, -0.1) is 6.58 Å². The van der Waals surface area contributed by atoms with Gasteiger partial charge in [0.25, 0.3) is 0 Å². The molecule has 0 unspecified atom stereocenters. The Morgan fingerprint density at radius 1 is 1.38 bits per heavy atom. The summed E-state index contributed by atoms with van der Waals surface area (Å²) in [5.41, 5.74) is -5.51. The highest BCUT2D eigenvalue weighted by Crippen LogP contribution is 2.24. The fourth-order valence-electron chi connectivity index (χ4n) is 0.796. The van der Waals surface area contributed by atoms with E-state index in [4.69, 9.17) is 0 Å². The summed E-state index contributed by atoms with van der Waals surface area (Å²) in [6.07, 6.45) is 2.72. The molecule has 0 saturated heterocycles. The van der Waals surface area contributed by atoms with E-state index in [0.29, 0.717) is 12.8 Å². The zero-order valence-corrected chi connectivity index (χ0v) is 9.14. The predicted molar refractivity (Wildman–Crippen MR) is 51.1 cm³/mol. The Hall–Kier alpha value is -1.05. The first-order valence-corrected chi connectivity index (χ1v) is 5.82. The van der Waals surface area contributed by atoms with E-state index in [1.807, 2.05) is 0 Å². The first kappa shape index (κ1) is 14.9. The van der Waals surface area contributed by atoms with Crippen LogP contribution in [0.1, 0.15) is 25.7 Å². The van der Waals surface area contributed by atoms with E-state index in [0.717, 1.165) is 0 Å². The molecule has 0 bridgehead atoms. The Morgan fingerprint density at radius 3 is 2.38 bits per heavy atom.